The number of aromatic nitrogens is 3. The minimum absolute atomic E-state index is 0.132. The van der Waals surface area contributed by atoms with Gasteiger partial charge in [0.2, 0.25) is 5.89 Å². The fourth-order valence-electron chi connectivity index (χ4n) is 1.69. The number of para-hydroxylation sites is 1. The largest absolute Gasteiger partial charge is 0.418 e. The number of hydrogen-bond donors (Lipinski definition) is 1. The smallest absolute Gasteiger partial charge is 0.264 e. The van der Waals surface area contributed by atoms with Crippen molar-refractivity contribution < 1.29 is 4.42 Å². The van der Waals surface area contributed by atoms with Crippen LogP contribution in [0.1, 0.15) is 5.89 Å². The minimum Gasteiger partial charge on any atom is -0.418 e. The highest BCUT2D eigenvalue weighted by molar-refractivity contribution is 5.84. The maximum absolute atomic E-state index is 8.53. The van der Waals surface area contributed by atoms with E-state index >= 15 is 0 Å². The summed E-state index contributed by atoms with van der Waals surface area (Å²) in [6, 6.07) is 11.8. The Morgan fingerprint density at radius 3 is 3.00 bits per heavy atom. The third kappa shape index (κ3) is 1.66. The van der Waals surface area contributed by atoms with Crippen LogP contribution in [0.25, 0.3) is 22.5 Å². The monoisotopic (exact) mass is 224 g/mol. The molecule has 3 aromatic rings. The molecule has 0 aliphatic heterocycles. The van der Waals surface area contributed by atoms with Gasteiger partial charge >= 0.3 is 0 Å². The second-order valence-corrected chi connectivity index (χ2v) is 3.61. The molecule has 0 aliphatic carbocycles. The zero-order chi connectivity index (χ0) is 11.7. The van der Waals surface area contributed by atoms with E-state index in [2.05, 4.69) is 15.2 Å². The summed E-state index contributed by atoms with van der Waals surface area (Å²) in [6.45, 7) is 0. The van der Waals surface area contributed by atoms with E-state index in [1.807, 2.05) is 36.4 Å². The lowest BCUT2D eigenvalue weighted by Crippen LogP contribution is -1.78. The molecule has 1 N–H and O–H groups in total. The number of hydrogen-bond acceptors (Lipinski definition) is 4. The molecule has 0 bridgehead atoms. The van der Waals surface area contributed by atoms with Crippen molar-refractivity contribution in [2.24, 2.45) is 0 Å². The van der Waals surface area contributed by atoms with Gasteiger partial charge in [-0.15, -0.1) is 10.2 Å². The first kappa shape index (κ1) is 9.60. The van der Waals surface area contributed by atoms with Crippen LogP contribution in [-0.4, -0.2) is 15.2 Å². The van der Waals surface area contributed by atoms with Crippen LogP contribution >= 0.6 is 0 Å². The number of nitriles is 1. The van der Waals surface area contributed by atoms with Crippen LogP contribution in [0.15, 0.2) is 34.7 Å². The van der Waals surface area contributed by atoms with Crippen molar-refractivity contribution in [2.45, 2.75) is 6.42 Å². The van der Waals surface area contributed by atoms with Gasteiger partial charge in [0, 0.05) is 10.9 Å². The van der Waals surface area contributed by atoms with Gasteiger partial charge in [-0.1, -0.05) is 18.2 Å². The average molecular weight is 224 g/mol. The highest BCUT2D eigenvalue weighted by Crippen LogP contribution is 2.22. The SMILES string of the molecule is N#CCc1nnc(-c2cc3ccccc3[nH]2)o1. The lowest BCUT2D eigenvalue weighted by Gasteiger charge is -1.86. The first-order valence-electron chi connectivity index (χ1n) is 5.14. The minimum atomic E-state index is 0.132. The van der Waals surface area contributed by atoms with Crippen molar-refractivity contribution >= 4 is 10.9 Å². The molecule has 0 atom stereocenters. The van der Waals surface area contributed by atoms with E-state index in [9.17, 15) is 0 Å². The first-order valence-corrected chi connectivity index (χ1v) is 5.14. The molecule has 5 heteroatoms. The number of nitrogens with zero attached hydrogens (tertiary/aromatic N) is 3. The van der Waals surface area contributed by atoms with Crippen molar-refractivity contribution in [1.82, 2.24) is 15.2 Å². The van der Waals surface area contributed by atoms with Gasteiger partial charge in [0.25, 0.3) is 5.89 Å². The molecule has 5 nitrogen and oxygen atoms in total. The Morgan fingerprint density at radius 2 is 2.18 bits per heavy atom. The van der Waals surface area contributed by atoms with E-state index in [0.717, 1.165) is 16.6 Å². The van der Waals surface area contributed by atoms with Gasteiger partial charge in [0.05, 0.1) is 6.07 Å². The topological polar surface area (TPSA) is 78.5 Å². The molecular formula is C12H8N4O. The zero-order valence-corrected chi connectivity index (χ0v) is 8.84. The number of H-pyrrole nitrogens is 1. The fraction of sp³-hybridized carbons (Fsp3) is 0.0833. The third-order valence-electron chi connectivity index (χ3n) is 2.46. The number of aromatic amines is 1. The molecule has 2 heterocycles. The van der Waals surface area contributed by atoms with Gasteiger partial charge in [-0.25, -0.2) is 0 Å². The Labute approximate surface area is 96.7 Å². The molecule has 17 heavy (non-hydrogen) atoms. The predicted octanol–water partition coefficient (Wildman–Crippen LogP) is 2.28. The van der Waals surface area contributed by atoms with E-state index in [1.165, 1.54) is 0 Å². The predicted molar refractivity (Wildman–Crippen MR) is 60.9 cm³/mol. The van der Waals surface area contributed by atoms with Crippen molar-refractivity contribution in [1.29, 1.82) is 5.26 Å². The summed E-state index contributed by atoms with van der Waals surface area (Å²) in [5.74, 6) is 0.743. The Hall–Kier alpha value is -2.61. The summed E-state index contributed by atoms with van der Waals surface area (Å²) < 4.78 is 5.36. The van der Waals surface area contributed by atoms with Crippen LogP contribution in [0, 0.1) is 11.3 Å². The highest BCUT2D eigenvalue weighted by Gasteiger charge is 2.10. The molecular weight excluding hydrogens is 216 g/mol. The Balaban J connectivity index is 2.05. The lowest BCUT2D eigenvalue weighted by molar-refractivity contribution is 0.520. The van der Waals surface area contributed by atoms with Gasteiger partial charge in [0.15, 0.2) is 0 Å². The molecule has 0 radical (unpaired) electrons. The summed E-state index contributed by atoms with van der Waals surface area (Å²) in [5, 5.41) is 17.3. The second kappa shape index (κ2) is 3.76. The van der Waals surface area contributed by atoms with Crippen molar-refractivity contribution in [3.05, 3.63) is 36.2 Å². The van der Waals surface area contributed by atoms with E-state index in [4.69, 9.17) is 9.68 Å². The summed E-state index contributed by atoms with van der Waals surface area (Å²) in [6.07, 6.45) is 0.132. The fourth-order valence-corrected chi connectivity index (χ4v) is 1.69. The van der Waals surface area contributed by atoms with Crippen LogP contribution in [0.4, 0.5) is 0 Å². The second-order valence-electron chi connectivity index (χ2n) is 3.61. The number of benzene rings is 1. The van der Waals surface area contributed by atoms with Crippen LogP contribution < -0.4 is 0 Å². The Morgan fingerprint density at radius 1 is 1.29 bits per heavy atom. The summed E-state index contributed by atoms with van der Waals surface area (Å²) in [7, 11) is 0. The molecule has 2 aromatic heterocycles. The van der Waals surface area contributed by atoms with Gasteiger partial charge in [-0.3, -0.25) is 0 Å². The number of nitrogens with one attached hydrogen (secondary N) is 1. The summed E-state index contributed by atoms with van der Waals surface area (Å²) in [4.78, 5) is 3.19. The maximum atomic E-state index is 8.53. The third-order valence-corrected chi connectivity index (χ3v) is 2.46. The van der Waals surface area contributed by atoms with E-state index in [-0.39, 0.29) is 6.42 Å². The lowest BCUT2D eigenvalue weighted by atomic mass is 10.2. The van der Waals surface area contributed by atoms with Crippen LogP contribution in [-0.2, 0) is 6.42 Å². The van der Waals surface area contributed by atoms with E-state index in [0.29, 0.717) is 11.8 Å². The van der Waals surface area contributed by atoms with Crippen molar-refractivity contribution in [3.63, 3.8) is 0 Å². The quantitative estimate of drug-likeness (QED) is 0.724. The Bertz CT molecular complexity index is 671. The molecule has 0 saturated carbocycles. The van der Waals surface area contributed by atoms with Gasteiger partial charge < -0.3 is 9.40 Å². The van der Waals surface area contributed by atoms with Gasteiger partial charge in [-0.05, 0) is 12.1 Å². The molecule has 0 amide bonds. The average Bonchev–Trinajstić information content (AvgIpc) is 2.94. The molecule has 0 unspecified atom stereocenters. The van der Waals surface area contributed by atoms with Crippen LogP contribution in [0.3, 0.4) is 0 Å². The summed E-state index contributed by atoms with van der Waals surface area (Å²) in [5.41, 5.74) is 1.78. The number of fused-ring (bicyclic) bond motifs is 1. The maximum Gasteiger partial charge on any atom is 0.264 e. The standard InChI is InChI=1S/C12H8N4O/c13-6-5-11-15-16-12(17-11)10-7-8-3-1-2-4-9(8)14-10/h1-4,7,14H,5H2. The van der Waals surface area contributed by atoms with Crippen molar-refractivity contribution in [3.8, 4) is 17.7 Å². The van der Waals surface area contributed by atoms with Crippen LogP contribution in [0.5, 0.6) is 0 Å². The molecule has 0 spiro atoms. The molecule has 1 aromatic carbocycles. The molecule has 82 valence electrons. The molecule has 0 aliphatic rings. The normalized spacial score (nSPS) is 10.5. The van der Waals surface area contributed by atoms with Crippen molar-refractivity contribution in [2.75, 3.05) is 0 Å². The number of rotatable bonds is 2. The summed E-state index contributed by atoms with van der Waals surface area (Å²) >= 11 is 0. The zero-order valence-electron chi connectivity index (χ0n) is 8.84. The Kier molecular flexibility index (Phi) is 2.12. The first-order chi connectivity index (χ1) is 8.36. The van der Waals surface area contributed by atoms with Crippen LogP contribution in [0.2, 0.25) is 0 Å². The van der Waals surface area contributed by atoms with E-state index < -0.39 is 0 Å². The molecule has 0 saturated heterocycles. The highest BCUT2D eigenvalue weighted by atomic mass is 16.4. The van der Waals surface area contributed by atoms with Gasteiger partial charge in [-0.2, -0.15) is 5.26 Å². The molecule has 0 fully saturated rings. The van der Waals surface area contributed by atoms with Gasteiger partial charge in [0.1, 0.15) is 12.1 Å². The van der Waals surface area contributed by atoms with E-state index in [1.54, 1.807) is 0 Å². The molecule has 3 rings (SSSR count).